The number of carbonyl (C=O) groups is 1. The predicted molar refractivity (Wildman–Crippen MR) is 71.8 cm³/mol. The summed E-state index contributed by atoms with van der Waals surface area (Å²) in [6, 6.07) is 1.72. The fraction of sp³-hybridized carbons (Fsp3) is 0.643. The van der Waals surface area contributed by atoms with E-state index in [-0.39, 0.29) is 5.76 Å². The summed E-state index contributed by atoms with van der Waals surface area (Å²) in [5.74, 6) is 0.144. The molecule has 1 atom stereocenters. The first-order valence-corrected chi connectivity index (χ1v) is 6.43. The molecule has 1 unspecified atom stereocenters. The van der Waals surface area contributed by atoms with Gasteiger partial charge in [-0.15, -0.1) is 0 Å². The van der Waals surface area contributed by atoms with Gasteiger partial charge in [0.05, 0.1) is 19.0 Å². The lowest BCUT2D eigenvalue weighted by Crippen LogP contribution is -2.38. The number of methoxy groups -OCH3 is 1. The van der Waals surface area contributed by atoms with E-state index in [0.717, 1.165) is 12.0 Å². The van der Waals surface area contributed by atoms with Crippen molar-refractivity contribution < 1.29 is 19.1 Å². The van der Waals surface area contributed by atoms with Gasteiger partial charge in [-0.2, -0.15) is 0 Å². The van der Waals surface area contributed by atoms with Crippen LogP contribution in [-0.2, 0) is 11.3 Å². The average molecular weight is 269 g/mol. The molecule has 0 saturated carbocycles. The highest BCUT2D eigenvalue weighted by molar-refractivity contribution is 5.87. The van der Waals surface area contributed by atoms with Gasteiger partial charge < -0.3 is 19.6 Å². The normalized spacial score (nSPS) is 14.4. The summed E-state index contributed by atoms with van der Waals surface area (Å²) in [5.41, 5.74) is -0.0317. The van der Waals surface area contributed by atoms with Crippen LogP contribution in [0.3, 0.4) is 0 Å². The zero-order valence-corrected chi connectivity index (χ0v) is 12.0. The molecular formula is C14H23NO4. The molecule has 0 aliphatic rings. The van der Waals surface area contributed by atoms with Crippen LogP contribution in [0.25, 0.3) is 0 Å². The summed E-state index contributed by atoms with van der Waals surface area (Å²) in [4.78, 5) is 11.4. The highest BCUT2D eigenvalue weighted by Gasteiger charge is 2.22. The average Bonchev–Trinajstić information content (AvgIpc) is 2.74. The van der Waals surface area contributed by atoms with E-state index in [1.165, 1.54) is 13.4 Å². The van der Waals surface area contributed by atoms with Gasteiger partial charge in [0.25, 0.3) is 0 Å². The van der Waals surface area contributed by atoms with Crippen molar-refractivity contribution in [1.82, 2.24) is 5.32 Å². The Bertz CT molecular complexity index is 409. The lowest BCUT2D eigenvalue weighted by atomic mass is 9.94. The highest BCUT2D eigenvalue weighted by atomic mass is 16.5. The van der Waals surface area contributed by atoms with Crippen molar-refractivity contribution in [2.75, 3.05) is 13.7 Å². The van der Waals surface area contributed by atoms with Crippen molar-refractivity contribution in [2.24, 2.45) is 5.92 Å². The largest absolute Gasteiger partial charge is 0.463 e. The lowest BCUT2D eigenvalue weighted by molar-refractivity contribution is 0.0383. The first-order valence-electron chi connectivity index (χ1n) is 6.43. The number of aliphatic hydroxyl groups is 1. The van der Waals surface area contributed by atoms with Crippen molar-refractivity contribution in [2.45, 2.75) is 39.3 Å². The Labute approximate surface area is 113 Å². The number of ether oxygens (including phenoxy) is 1. The van der Waals surface area contributed by atoms with Crippen molar-refractivity contribution >= 4 is 5.97 Å². The van der Waals surface area contributed by atoms with Crippen LogP contribution in [0.15, 0.2) is 16.7 Å². The molecular weight excluding hydrogens is 246 g/mol. The zero-order valence-electron chi connectivity index (χ0n) is 12.0. The second-order valence-corrected chi connectivity index (χ2v) is 5.47. The molecule has 1 heterocycles. The van der Waals surface area contributed by atoms with E-state index in [9.17, 15) is 9.90 Å². The molecule has 0 fully saturated rings. The molecule has 1 rings (SSSR count). The predicted octanol–water partition coefficient (Wildman–Crippen LogP) is 1.95. The second-order valence-electron chi connectivity index (χ2n) is 5.47. The van der Waals surface area contributed by atoms with E-state index in [1.54, 1.807) is 13.0 Å². The quantitative estimate of drug-likeness (QED) is 0.740. The minimum Gasteiger partial charge on any atom is -0.463 e. The summed E-state index contributed by atoms with van der Waals surface area (Å²) >= 11 is 0. The smallest absolute Gasteiger partial charge is 0.374 e. The van der Waals surface area contributed by atoms with Gasteiger partial charge in [0.15, 0.2) is 0 Å². The zero-order chi connectivity index (χ0) is 14.5. The molecule has 0 aromatic carbocycles. The number of furan rings is 1. The van der Waals surface area contributed by atoms with Gasteiger partial charge in [-0.3, -0.25) is 0 Å². The maximum atomic E-state index is 11.4. The molecule has 2 N–H and O–H groups in total. The summed E-state index contributed by atoms with van der Waals surface area (Å²) in [6.45, 7) is 6.85. The Morgan fingerprint density at radius 2 is 2.26 bits per heavy atom. The molecule has 0 bridgehead atoms. The number of hydrogen-bond donors (Lipinski definition) is 2. The van der Waals surface area contributed by atoms with Crippen LogP contribution in [0.4, 0.5) is 0 Å². The fourth-order valence-corrected chi connectivity index (χ4v) is 2.16. The fourth-order valence-electron chi connectivity index (χ4n) is 2.16. The summed E-state index contributed by atoms with van der Waals surface area (Å²) in [5, 5.41) is 13.3. The molecule has 0 aliphatic carbocycles. The molecule has 0 amide bonds. The van der Waals surface area contributed by atoms with Crippen molar-refractivity contribution in [3.05, 3.63) is 23.7 Å². The summed E-state index contributed by atoms with van der Waals surface area (Å²) in [7, 11) is 1.31. The first-order chi connectivity index (χ1) is 8.85. The highest BCUT2D eigenvalue weighted by Crippen LogP contribution is 2.16. The first kappa shape index (κ1) is 15.7. The molecule has 0 spiro atoms. The van der Waals surface area contributed by atoms with Crippen LogP contribution in [0, 0.1) is 5.92 Å². The van der Waals surface area contributed by atoms with Crippen LogP contribution in [0.2, 0.25) is 0 Å². The molecule has 108 valence electrons. The van der Waals surface area contributed by atoms with E-state index in [1.807, 2.05) is 0 Å². The third-order valence-electron chi connectivity index (χ3n) is 2.79. The number of rotatable bonds is 7. The van der Waals surface area contributed by atoms with Crippen molar-refractivity contribution in [3.8, 4) is 0 Å². The third-order valence-corrected chi connectivity index (χ3v) is 2.79. The molecule has 1 aromatic rings. The maximum Gasteiger partial charge on any atom is 0.374 e. The molecule has 0 saturated heterocycles. The van der Waals surface area contributed by atoms with Crippen LogP contribution < -0.4 is 5.32 Å². The van der Waals surface area contributed by atoms with E-state index in [0.29, 0.717) is 19.0 Å². The Morgan fingerprint density at radius 1 is 1.58 bits per heavy atom. The number of esters is 1. The van der Waals surface area contributed by atoms with Crippen LogP contribution >= 0.6 is 0 Å². The summed E-state index contributed by atoms with van der Waals surface area (Å²) < 4.78 is 9.71. The Kier molecular flexibility index (Phi) is 5.57. The maximum absolute atomic E-state index is 11.4. The van der Waals surface area contributed by atoms with Gasteiger partial charge in [0.1, 0.15) is 0 Å². The molecule has 1 aromatic heterocycles. The SMILES string of the molecule is COC(=O)c1occc1CNCC(C)(O)CC(C)C. The molecule has 0 aliphatic heterocycles. The van der Waals surface area contributed by atoms with E-state index in [2.05, 4.69) is 23.9 Å². The topological polar surface area (TPSA) is 71.7 Å². The number of hydrogen-bond acceptors (Lipinski definition) is 5. The van der Waals surface area contributed by atoms with E-state index in [4.69, 9.17) is 4.42 Å². The minimum atomic E-state index is -0.761. The van der Waals surface area contributed by atoms with Crippen LogP contribution in [-0.4, -0.2) is 30.3 Å². The number of nitrogens with one attached hydrogen (secondary N) is 1. The van der Waals surface area contributed by atoms with E-state index < -0.39 is 11.6 Å². The molecule has 5 nitrogen and oxygen atoms in total. The lowest BCUT2D eigenvalue weighted by Gasteiger charge is -2.25. The van der Waals surface area contributed by atoms with Crippen LogP contribution in [0.5, 0.6) is 0 Å². The van der Waals surface area contributed by atoms with Gasteiger partial charge in [-0.25, -0.2) is 4.79 Å². The van der Waals surface area contributed by atoms with Gasteiger partial charge >= 0.3 is 5.97 Å². The van der Waals surface area contributed by atoms with Gasteiger partial charge in [-0.05, 0) is 25.3 Å². The molecule has 0 radical (unpaired) electrons. The van der Waals surface area contributed by atoms with E-state index >= 15 is 0 Å². The minimum absolute atomic E-state index is 0.207. The standard InChI is InChI=1S/C14H23NO4/c1-10(2)7-14(3,17)9-15-8-11-5-6-19-12(11)13(16)18-4/h5-6,10,15,17H,7-9H2,1-4H3. The van der Waals surface area contributed by atoms with Gasteiger partial charge in [-0.1, -0.05) is 13.8 Å². The number of carbonyl (C=O) groups excluding carboxylic acids is 1. The van der Waals surface area contributed by atoms with Gasteiger partial charge in [0.2, 0.25) is 5.76 Å². The molecule has 19 heavy (non-hydrogen) atoms. The van der Waals surface area contributed by atoms with Gasteiger partial charge in [0, 0.05) is 18.7 Å². The Hall–Kier alpha value is -1.33. The molecule has 5 heteroatoms. The van der Waals surface area contributed by atoms with Crippen LogP contribution in [0.1, 0.15) is 43.3 Å². The van der Waals surface area contributed by atoms with Crippen molar-refractivity contribution in [1.29, 1.82) is 0 Å². The monoisotopic (exact) mass is 269 g/mol. The Morgan fingerprint density at radius 3 is 2.84 bits per heavy atom. The Balaban J connectivity index is 2.50. The summed E-state index contributed by atoms with van der Waals surface area (Å²) in [6.07, 6.45) is 2.17. The third kappa shape index (κ3) is 5.04. The van der Waals surface area contributed by atoms with Crippen molar-refractivity contribution in [3.63, 3.8) is 0 Å². The second kappa shape index (κ2) is 6.73.